The van der Waals surface area contributed by atoms with Crippen LogP contribution >= 0.6 is 23.6 Å². The Morgan fingerprint density at radius 2 is 1.79 bits per heavy atom. The highest BCUT2D eigenvalue weighted by Crippen LogP contribution is 2.27. The number of hydrogen-bond acceptors (Lipinski definition) is 7. The first-order valence-corrected chi connectivity index (χ1v) is 7.94. The maximum Gasteiger partial charge on any atom is 0.271 e. The molecule has 8 nitrogen and oxygen atoms in total. The van der Waals surface area contributed by atoms with Crippen molar-refractivity contribution in [2.75, 3.05) is 5.32 Å². The largest absolute Gasteiger partial charge is 0.367 e. The van der Waals surface area contributed by atoms with Crippen molar-refractivity contribution in [1.82, 2.24) is 4.57 Å². The lowest BCUT2D eigenvalue weighted by Gasteiger charge is -2.08. The normalized spacial score (nSPS) is 10.7. The lowest BCUT2D eigenvalue weighted by molar-refractivity contribution is -0.384. The van der Waals surface area contributed by atoms with E-state index in [4.69, 9.17) is 12.2 Å². The van der Waals surface area contributed by atoms with Crippen LogP contribution in [0, 0.1) is 24.2 Å². The average Bonchev–Trinajstić information content (AvgIpc) is 2.87. The zero-order valence-electron chi connectivity index (χ0n) is 12.0. The number of non-ortho nitro benzene ring substituents is 2. The SMILES string of the molecule is O=[N+]([O-])c1cccc(NCn2c(=S)sc3cc([N+](=O)[O-])ccc32)c1. The molecule has 2 aromatic carbocycles. The van der Waals surface area contributed by atoms with Gasteiger partial charge in [-0.15, -0.1) is 11.3 Å². The Hall–Kier alpha value is -2.85. The second-order valence-electron chi connectivity index (χ2n) is 4.85. The molecule has 1 heterocycles. The van der Waals surface area contributed by atoms with E-state index in [-0.39, 0.29) is 11.4 Å². The summed E-state index contributed by atoms with van der Waals surface area (Å²) < 4.78 is 3.07. The van der Waals surface area contributed by atoms with Gasteiger partial charge in [0, 0.05) is 30.0 Å². The minimum absolute atomic E-state index is 0.00519. The van der Waals surface area contributed by atoms with E-state index in [0.717, 1.165) is 10.2 Å². The van der Waals surface area contributed by atoms with Crippen molar-refractivity contribution in [3.63, 3.8) is 0 Å². The summed E-state index contributed by atoms with van der Waals surface area (Å²) in [6.07, 6.45) is 0. The molecule has 0 fully saturated rings. The Kier molecular flexibility index (Phi) is 4.23. The van der Waals surface area contributed by atoms with Crippen molar-refractivity contribution in [3.05, 3.63) is 66.6 Å². The summed E-state index contributed by atoms with van der Waals surface area (Å²) in [5.41, 5.74) is 1.37. The predicted molar refractivity (Wildman–Crippen MR) is 94.0 cm³/mol. The molecule has 0 aliphatic heterocycles. The van der Waals surface area contributed by atoms with Crippen LogP contribution < -0.4 is 5.32 Å². The number of benzene rings is 2. The fraction of sp³-hybridized carbons (Fsp3) is 0.0714. The summed E-state index contributed by atoms with van der Waals surface area (Å²) in [5.74, 6) is 0. The monoisotopic (exact) mass is 362 g/mol. The molecule has 1 N–H and O–H groups in total. The van der Waals surface area contributed by atoms with E-state index in [1.165, 1.54) is 35.6 Å². The fourth-order valence-electron chi connectivity index (χ4n) is 2.22. The van der Waals surface area contributed by atoms with Crippen molar-refractivity contribution in [2.45, 2.75) is 6.67 Å². The van der Waals surface area contributed by atoms with Gasteiger partial charge in [-0.3, -0.25) is 20.2 Å². The van der Waals surface area contributed by atoms with Gasteiger partial charge in [0.1, 0.15) is 0 Å². The molecule has 0 amide bonds. The summed E-state index contributed by atoms with van der Waals surface area (Å²) in [5, 5.41) is 24.7. The predicted octanol–water partition coefficient (Wildman–Crippen LogP) is 4.32. The summed E-state index contributed by atoms with van der Waals surface area (Å²) in [4.78, 5) is 20.7. The van der Waals surface area contributed by atoms with Gasteiger partial charge in [-0.25, -0.2) is 0 Å². The highest BCUT2D eigenvalue weighted by Gasteiger charge is 2.11. The number of nitro groups is 2. The van der Waals surface area contributed by atoms with Crippen molar-refractivity contribution in [3.8, 4) is 0 Å². The molecule has 0 saturated carbocycles. The zero-order chi connectivity index (χ0) is 17.3. The van der Waals surface area contributed by atoms with E-state index >= 15 is 0 Å². The van der Waals surface area contributed by atoms with Gasteiger partial charge >= 0.3 is 0 Å². The first-order valence-electron chi connectivity index (χ1n) is 6.72. The number of hydrogen-bond donors (Lipinski definition) is 1. The second-order valence-corrected chi connectivity index (χ2v) is 6.52. The molecule has 0 radical (unpaired) electrons. The number of aromatic nitrogens is 1. The fourth-order valence-corrected chi connectivity index (χ4v) is 3.57. The molecule has 0 bridgehead atoms. The van der Waals surface area contributed by atoms with E-state index in [9.17, 15) is 20.2 Å². The summed E-state index contributed by atoms with van der Waals surface area (Å²) in [7, 11) is 0. The van der Waals surface area contributed by atoms with E-state index in [1.807, 2.05) is 0 Å². The van der Waals surface area contributed by atoms with Gasteiger partial charge in [-0.1, -0.05) is 6.07 Å². The third-order valence-electron chi connectivity index (χ3n) is 3.36. The van der Waals surface area contributed by atoms with Gasteiger partial charge in [0.15, 0.2) is 3.95 Å². The van der Waals surface area contributed by atoms with Crippen molar-refractivity contribution < 1.29 is 9.85 Å². The van der Waals surface area contributed by atoms with Gasteiger partial charge in [0.05, 0.1) is 26.7 Å². The maximum absolute atomic E-state index is 10.8. The van der Waals surface area contributed by atoms with Crippen LogP contribution in [0.1, 0.15) is 0 Å². The number of nitro benzene ring substituents is 2. The van der Waals surface area contributed by atoms with Crippen molar-refractivity contribution in [1.29, 1.82) is 0 Å². The Labute approximate surface area is 144 Å². The molecule has 0 atom stereocenters. The van der Waals surface area contributed by atoms with Crippen LogP contribution in [0.15, 0.2) is 42.5 Å². The Morgan fingerprint density at radius 1 is 1.08 bits per heavy atom. The molecular formula is C14H10N4O4S2. The third kappa shape index (κ3) is 3.09. The zero-order valence-corrected chi connectivity index (χ0v) is 13.7. The topological polar surface area (TPSA) is 103 Å². The minimum atomic E-state index is -0.462. The van der Waals surface area contributed by atoms with Crippen molar-refractivity contribution >= 4 is 50.8 Å². The van der Waals surface area contributed by atoms with E-state index in [1.54, 1.807) is 22.8 Å². The Balaban J connectivity index is 1.89. The Morgan fingerprint density at radius 3 is 2.50 bits per heavy atom. The number of thiazole rings is 1. The average molecular weight is 362 g/mol. The smallest absolute Gasteiger partial charge is 0.271 e. The highest BCUT2D eigenvalue weighted by atomic mass is 32.1. The third-order valence-corrected chi connectivity index (χ3v) is 4.77. The van der Waals surface area contributed by atoms with E-state index in [2.05, 4.69) is 5.32 Å². The molecule has 0 saturated heterocycles. The first kappa shape index (κ1) is 16.0. The maximum atomic E-state index is 10.8. The van der Waals surface area contributed by atoms with Gasteiger partial charge in [-0.2, -0.15) is 0 Å². The van der Waals surface area contributed by atoms with Crippen molar-refractivity contribution in [2.24, 2.45) is 0 Å². The number of rotatable bonds is 5. The lowest BCUT2D eigenvalue weighted by Crippen LogP contribution is -2.07. The number of anilines is 1. The molecule has 122 valence electrons. The molecule has 10 heteroatoms. The molecule has 0 unspecified atom stereocenters. The summed E-state index contributed by atoms with van der Waals surface area (Å²) in [6.45, 7) is 0.303. The lowest BCUT2D eigenvalue weighted by atomic mass is 10.3. The molecule has 0 aliphatic carbocycles. The van der Waals surface area contributed by atoms with E-state index < -0.39 is 9.85 Å². The molecule has 1 aromatic heterocycles. The van der Waals surface area contributed by atoms with Crippen LogP contribution in [-0.2, 0) is 6.67 Å². The van der Waals surface area contributed by atoms with Crippen LogP contribution in [0.2, 0.25) is 0 Å². The molecule has 0 aliphatic rings. The van der Waals surface area contributed by atoms with Gasteiger partial charge in [-0.05, 0) is 24.4 Å². The molecule has 0 spiro atoms. The highest BCUT2D eigenvalue weighted by molar-refractivity contribution is 7.73. The van der Waals surface area contributed by atoms with Gasteiger partial charge < -0.3 is 9.88 Å². The van der Waals surface area contributed by atoms with E-state index in [0.29, 0.717) is 16.3 Å². The van der Waals surface area contributed by atoms with Crippen LogP contribution in [0.3, 0.4) is 0 Å². The number of nitrogens with one attached hydrogen (secondary N) is 1. The Bertz CT molecular complexity index is 1010. The first-order chi connectivity index (χ1) is 11.5. The molecule has 24 heavy (non-hydrogen) atoms. The standard InChI is InChI=1S/C14H10N4O4S2/c19-17(20)10-3-1-2-9(6-10)15-8-16-12-5-4-11(18(21)22)7-13(12)24-14(16)23/h1-7,15H,8H2. The quantitative estimate of drug-likeness (QED) is 0.412. The molecule has 3 aromatic rings. The van der Waals surface area contributed by atoms with Crippen LogP contribution in [0.25, 0.3) is 10.2 Å². The summed E-state index contributed by atoms with van der Waals surface area (Å²) >= 11 is 6.59. The molecule has 3 rings (SSSR count). The molecular weight excluding hydrogens is 352 g/mol. The number of fused-ring (bicyclic) bond motifs is 1. The minimum Gasteiger partial charge on any atom is -0.367 e. The second kappa shape index (κ2) is 6.34. The number of nitrogens with zero attached hydrogens (tertiary/aromatic N) is 3. The van der Waals surface area contributed by atoms with Gasteiger partial charge in [0.2, 0.25) is 0 Å². The van der Waals surface area contributed by atoms with Crippen LogP contribution in [0.4, 0.5) is 17.1 Å². The summed E-state index contributed by atoms with van der Waals surface area (Å²) in [6, 6.07) is 10.7. The van der Waals surface area contributed by atoms with Gasteiger partial charge in [0.25, 0.3) is 11.4 Å². The van der Waals surface area contributed by atoms with Crippen LogP contribution in [0.5, 0.6) is 0 Å². The van der Waals surface area contributed by atoms with Crippen LogP contribution in [-0.4, -0.2) is 14.4 Å².